The molecule has 0 aliphatic carbocycles. The van der Waals surface area contributed by atoms with E-state index in [1.165, 1.54) is 6.07 Å². The first-order chi connectivity index (χ1) is 11.1. The van der Waals surface area contributed by atoms with Gasteiger partial charge in [-0.3, -0.25) is 0 Å². The number of nitrogens with one attached hydrogen (secondary N) is 1. The molecule has 1 fully saturated rings. The Morgan fingerprint density at radius 1 is 1.43 bits per heavy atom. The van der Waals surface area contributed by atoms with Crippen LogP contribution in [-0.2, 0) is 10.3 Å². The Kier molecular flexibility index (Phi) is 7.28. The highest BCUT2D eigenvalue weighted by Crippen LogP contribution is 2.40. The van der Waals surface area contributed by atoms with Crippen molar-refractivity contribution in [2.45, 2.75) is 44.6 Å². The van der Waals surface area contributed by atoms with Crippen molar-refractivity contribution in [2.24, 2.45) is 5.92 Å². The molecule has 2 rings (SSSR count). The molecule has 3 nitrogen and oxygen atoms in total. The lowest BCUT2D eigenvalue weighted by atomic mass is 9.74. The fourth-order valence-corrected chi connectivity index (χ4v) is 3.57. The van der Waals surface area contributed by atoms with E-state index in [9.17, 15) is 9.50 Å². The molecule has 23 heavy (non-hydrogen) atoms. The van der Waals surface area contributed by atoms with E-state index in [-0.39, 0.29) is 10.9 Å². The summed E-state index contributed by atoms with van der Waals surface area (Å²) in [4.78, 5) is 0. The van der Waals surface area contributed by atoms with Gasteiger partial charge in [0.05, 0.1) is 10.6 Å². The number of aliphatic hydroxyl groups is 1. The molecule has 2 N–H and O–H groups in total. The van der Waals surface area contributed by atoms with Gasteiger partial charge in [0.25, 0.3) is 0 Å². The second-order valence-electron chi connectivity index (χ2n) is 6.22. The van der Waals surface area contributed by atoms with Gasteiger partial charge in [-0.05, 0) is 51.6 Å². The van der Waals surface area contributed by atoms with Gasteiger partial charge < -0.3 is 15.2 Å². The van der Waals surface area contributed by atoms with Crippen LogP contribution in [0.5, 0.6) is 0 Å². The second kappa shape index (κ2) is 8.97. The number of hydrogen-bond acceptors (Lipinski definition) is 3. The summed E-state index contributed by atoms with van der Waals surface area (Å²) in [6.45, 7) is 4.99. The lowest BCUT2D eigenvalue weighted by Crippen LogP contribution is -2.44. The smallest absolute Gasteiger partial charge is 0.147 e. The van der Waals surface area contributed by atoms with Crippen LogP contribution in [0.1, 0.15) is 44.6 Å². The van der Waals surface area contributed by atoms with Gasteiger partial charge >= 0.3 is 0 Å². The average molecular weight is 344 g/mol. The van der Waals surface area contributed by atoms with Crippen LogP contribution in [0, 0.1) is 11.7 Å². The van der Waals surface area contributed by atoms with Crippen LogP contribution < -0.4 is 5.32 Å². The van der Waals surface area contributed by atoms with Crippen molar-refractivity contribution in [3.63, 3.8) is 0 Å². The zero-order valence-corrected chi connectivity index (χ0v) is 14.5. The van der Waals surface area contributed by atoms with Crippen molar-refractivity contribution >= 4 is 11.6 Å². The zero-order chi connectivity index (χ0) is 16.7. The van der Waals surface area contributed by atoms with Crippen molar-refractivity contribution in [1.29, 1.82) is 0 Å². The molecule has 1 aromatic rings. The predicted octanol–water partition coefficient (Wildman–Crippen LogP) is 3.87. The minimum Gasteiger partial charge on any atom is -0.385 e. The molecule has 0 saturated carbocycles. The van der Waals surface area contributed by atoms with Gasteiger partial charge in [0.2, 0.25) is 0 Å². The Balaban J connectivity index is 2.18. The van der Waals surface area contributed by atoms with E-state index >= 15 is 0 Å². The summed E-state index contributed by atoms with van der Waals surface area (Å²) in [5.74, 6) is -0.497. The molecule has 1 aliphatic heterocycles. The summed E-state index contributed by atoms with van der Waals surface area (Å²) in [7, 11) is 0. The average Bonchev–Trinajstić information content (AvgIpc) is 2.58. The highest BCUT2D eigenvalue weighted by atomic mass is 35.5. The minimum atomic E-state index is -1.19. The lowest BCUT2D eigenvalue weighted by molar-refractivity contribution is -0.0462. The fraction of sp³-hybridized carbons (Fsp3) is 0.667. The maximum Gasteiger partial charge on any atom is 0.147 e. The minimum absolute atomic E-state index is 0.00342. The monoisotopic (exact) mass is 343 g/mol. The van der Waals surface area contributed by atoms with Crippen LogP contribution in [0.25, 0.3) is 0 Å². The van der Waals surface area contributed by atoms with E-state index in [1.807, 2.05) is 6.92 Å². The predicted molar refractivity (Wildman–Crippen MR) is 91.2 cm³/mol. The van der Waals surface area contributed by atoms with Crippen molar-refractivity contribution < 1.29 is 14.2 Å². The molecule has 2 atom stereocenters. The Labute approximate surface area is 143 Å². The number of benzene rings is 1. The molecular weight excluding hydrogens is 317 g/mol. The van der Waals surface area contributed by atoms with Gasteiger partial charge in [-0.15, -0.1) is 0 Å². The van der Waals surface area contributed by atoms with Crippen molar-refractivity contribution in [1.82, 2.24) is 5.32 Å². The van der Waals surface area contributed by atoms with E-state index in [0.29, 0.717) is 31.7 Å². The third kappa shape index (κ3) is 4.66. The third-order valence-corrected chi connectivity index (χ3v) is 4.98. The molecular formula is C18H27ClFNO2. The molecule has 0 spiro atoms. The van der Waals surface area contributed by atoms with E-state index < -0.39 is 11.4 Å². The van der Waals surface area contributed by atoms with Crippen molar-refractivity contribution in [3.8, 4) is 0 Å². The van der Waals surface area contributed by atoms with Crippen LogP contribution in [-0.4, -0.2) is 31.4 Å². The highest BCUT2D eigenvalue weighted by molar-refractivity contribution is 6.30. The van der Waals surface area contributed by atoms with Gasteiger partial charge in [-0.2, -0.15) is 0 Å². The first kappa shape index (κ1) is 18.7. The number of hydrogen-bond donors (Lipinski definition) is 2. The number of halogens is 2. The number of ether oxygens (including phenoxy) is 1. The molecule has 1 heterocycles. The molecule has 0 radical (unpaired) electrons. The van der Waals surface area contributed by atoms with E-state index in [0.717, 1.165) is 32.2 Å². The maximum atomic E-state index is 14.5. The van der Waals surface area contributed by atoms with Crippen LogP contribution >= 0.6 is 11.6 Å². The van der Waals surface area contributed by atoms with Gasteiger partial charge in [-0.25, -0.2) is 4.39 Å². The summed E-state index contributed by atoms with van der Waals surface area (Å²) >= 11 is 5.94. The summed E-state index contributed by atoms with van der Waals surface area (Å²) < 4.78 is 19.9. The lowest BCUT2D eigenvalue weighted by Gasteiger charge is -2.39. The zero-order valence-electron chi connectivity index (χ0n) is 13.8. The van der Waals surface area contributed by atoms with Crippen molar-refractivity contribution in [3.05, 3.63) is 34.6 Å². The summed E-state index contributed by atoms with van der Waals surface area (Å²) in [5, 5.41) is 14.8. The molecule has 1 aromatic carbocycles. The Morgan fingerprint density at radius 2 is 2.26 bits per heavy atom. The van der Waals surface area contributed by atoms with Gasteiger partial charge in [0.15, 0.2) is 0 Å². The Morgan fingerprint density at radius 3 is 2.96 bits per heavy atom. The molecule has 0 amide bonds. The van der Waals surface area contributed by atoms with E-state index in [1.54, 1.807) is 12.1 Å². The van der Waals surface area contributed by atoms with Crippen LogP contribution in [0.4, 0.5) is 4.39 Å². The van der Waals surface area contributed by atoms with Crippen LogP contribution in [0.15, 0.2) is 18.2 Å². The normalized spacial score (nSPS) is 21.1. The Hall–Kier alpha value is -0.680. The van der Waals surface area contributed by atoms with Gasteiger partial charge in [0, 0.05) is 31.2 Å². The maximum absolute atomic E-state index is 14.5. The third-order valence-electron chi connectivity index (χ3n) is 4.69. The quantitative estimate of drug-likeness (QED) is 0.704. The standard InChI is InChI=1S/C18H27ClFNO2/c1-2-23-12-4-3-10-18(22,14-7-6-11-21-13-14)15-8-5-9-16(19)17(15)20/h5,8-9,14,21-22H,2-4,6-7,10-13H2,1H3/t14-,18+/m1/s1. The molecule has 5 heteroatoms. The SMILES string of the molecule is CCOCCCC[C@@](O)(c1cccc(Cl)c1F)[C@@H]1CCCNC1. The second-order valence-corrected chi connectivity index (χ2v) is 6.63. The van der Waals surface area contributed by atoms with Gasteiger partial charge in [0.1, 0.15) is 5.82 Å². The first-order valence-corrected chi connectivity index (χ1v) is 8.92. The fourth-order valence-electron chi connectivity index (χ4n) is 3.40. The summed E-state index contributed by atoms with van der Waals surface area (Å²) in [5.41, 5.74) is -0.857. The largest absolute Gasteiger partial charge is 0.385 e. The van der Waals surface area contributed by atoms with Crippen molar-refractivity contribution in [2.75, 3.05) is 26.3 Å². The Bertz CT molecular complexity index is 494. The topological polar surface area (TPSA) is 41.5 Å². The number of unbranched alkanes of at least 4 members (excludes halogenated alkanes) is 1. The summed E-state index contributed by atoms with van der Waals surface area (Å²) in [6, 6.07) is 4.90. The molecule has 130 valence electrons. The van der Waals surface area contributed by atoms with E-state index in [4.69, 9.17) is 16.3 Å². The molecule has 1 saturated heterocycles. The number of piperidine rings is 1. The van der Waals surface area contributed by atoms with Gasteiger partial charge in [-0.1, -0.05) is 23.7 Å². The molecule has 0 bridgehead atoms. The van der Waals surface area contributed by atoms with Crippen LogP contribution in [0.2, 0.25) is 5.02 Å². The highest BCUT2D eigenvalue weighted by Gasteiger charge is 2.40. The molecule has 0 unspecified atom stereocenters. The number of rotatable bonds is 8. The first-order valence-electron chi connectivity index (χ1n) is 8.55. The summed E-state index contributed by atoms with van der Waals surface area (Å²) in [6.07, 6.45) is 4.05. The molecule has 1 aliphatic rings. The molecule has 0 aromatic heterocycles. The van der Waals surface area contributed by atoms with Crippen LogP contribution in [0.3, 0.4) is 0 Å². The van der Waals surface area contributed by atoms with E-state index in [2.05, 4.69) is 5.32 Å².